The zero-order chi connectivity index (χ0) is 18.1. The molecule has 0 unspecified atom stereocenters. The van der Waals surface area contributed by atoms with Crippen LogP contribution in [-0.4, -0.2) is 35.1 Å². The highest BCUT2D eigenvalue weighted by atomic mass is 32.2. The summed E-state index contributed by atoms with van der Waals surface area (Å²) in [6, 6.07) is 10.7. The van der Waals surface area contributed by atoms with Crippen LogP contribution in [-0.2, 0) is 0 Å². The van der Waals surface area contributed by atoms with E-state index in [1.807, 2.05) is 12.1 Å². The molecule has 1 saturated carbocycles. The van der Waals surface area contributed by atoms with Crippen LogP contribution in [0.3, 0.4) is 0 Å². The van der Waals surface area contributed by atoms with E-state index in [0.717, 1.165) is 42.8 Å². The fourth-order valence-electron chi connectivity index (χ4n) is 4.00. The fourth-order valence-corrected chi connectivity index (χ4v) is 4.87. The van der Waals surface area contributed by atoms with E-state index in [1.165, 1.54) is 12.1 Å². The highest BCUT2D eigenvalue weighted by molar-refractivity contribution is 7.99. The van der Waals surface area contributed by atoms with Gasteiger partial charge in [0.1, 0.15) is 11.6 Å². The minimum atomic E-state index is -0.631. The first-order valence-corrected chi connectivity index (χ1v) is 9.81. The Kier molecular flexibility index (Phi) is 5.05. The van der Waals surface area contributed by atoms with Crippen LogP contribution in [0.1, 0.15) is 12.8 Å². The lowest BCUT2D eigenvalue weighted by atomic mass is 10.0. The van der Waals surface area contributed by atoms with Gasteiger partial charge in [-0.25, -0.2) is 8.78 Å². The van der Waals surface area contributed by atoms with E-state index in [9.17, 15) is 13.9 Å². The summed E-state index contributed by atoms with van der Waals surface area (Å²) >= 11 is 1.77. The van der Waals surface area contributed by atoms with Gasteiger partial charge in [-0.05, 0) is 61.1 Å². The minimum absolute atomic E-state index is 0.0110. The van der Waals surface area contributed by atoms with Crippen LogP contribution < -0.4 is 4.74 Å². The lowest BCUT2D eigenvalue weighted by molar-refractivity contribution is 0.181. The van der Waals surface area contributed by atoms with Crippen molar-refractivity contribution in [3.05, 3.63) is 54.1 Å². The van der Waals surface area contributed by atoms with E-state index in [-0.39, 0.29) is 17.6 Å². The van der Waals surface area contributed by atoms with Crippen LogP contribution >= 0.6 is 11.8 Å². The molecule has 3 nitrogen and oxygen atoms in total. The van der Waals surface area contributed by atoms with Crippen LogP contribution in [0, 0.1) is 23.5 Å². The number of nitrogens with zero attached hydrogens (tertiary/aromatic N) is 1. The van der Waals surface area contributed by atoms with Crippen LogP contribution in [0.4, 0.5) is 8.78 Å². The number of rotatable bonds is 5. The Morgan fingerprint density at radius 2 is 1.73 bits per heavy atom. The van der Waals surface area contributed by atoms with Crippen molar-refractivity contribution >= 4 is 11.8 Å². The molecule has 1 aliphatic carbocycles. The van der Waals surface area contributed by atoms with Crippen molar-refractivity contribution in [2.45, 2.75) is 23.8 Å². The third-order valence-electron chi connectivity index (χ3n) is 5.22. The smallest absolute Gasteiger partial charge is 0.167 e. The molecule has 2 aliphatic rings. The van der Waals surface area contributed by atoms with Crippen LogP contribution in [0.2, 0.25) is 0 Å². The van der Waals surface area contributed by atoms with E-state index in [0.29, 0.717) is 11.8 Å². The van der Waals surface area contributed by atoms with Gasteiger partial charge in [0, 0.05) is 29.9 Å². The molecular formula is C20H21F2NO2S. The molecule has 2 aromatic carbocycles. The van der Waals surface area contributed by atoms with Gasteiger partial charge < -0.3 is 9.84 Å². The predicted octanol–water partition coefficient (Wildman–Crippen LogP) is 4.51. The van der Waals surface area contributed by atoms with E-state index in [2.05, 4.69) is 4.90 Å². The maximum absolute atomic E-state index is 13.8. The number of hydrogen-bond donors (Lipinski definition) is 1. The molecule has 0 spiro atoms. The SMILES string of the molecule is Oc1ccc(SCN2C[C@H]3C[C@H](Oc4ccc(F)cc4F)C[C@H]3C2)cc1. The summed E-state index contributed by atoms with van der Waals surface area (Å²) in [6.07, 6.45) is 1.85. The molecule has 1 saturated heterocycles. The topological polar surface area (TPSA) is 32.7 Å². The quantitative estimate of drug-likeness (QED) is 0.777. The summed E-state index contributed by atoms with van der Waals surface area (Å²) in [5, 5.41) is 9.33. The van der Waals surface area contributed by atoms with Crippen molar-refractivity contribution < 1.29 is 18.6 Å². The van der Waals surface area contributed by atoms with E-state index in [1.54, 1.807) is 23.9 Å². The Bertz CT molecular complexity index is 757. The van der Waals surface area contributed by atoms with Gasteiger partial charge in [-0.15, -0.1) is 11.8 Å². The van der Waals surface area contributed by atoms with Gasteiger partial charge >= 0.3 is 0 Å². The standard InChI is InChI=1S/C20H21F2NO2S/c21-15-1-6-20(19(22)9-15)25-17-7-13-10-23(11-14(13)8-17)12-26-18-4-2-16(24)3-5-18/h1-6,9,13-14,17,24H,7-8,10-12H2/t13-,14+,17+. The molecule has 6 heteroatoms. The number of benzene rings is 2. The van der Waals surface area contributed by atoms with Crippen molar-refractivity contribution in [3.8, 4) is 11.5 Å². The summed E-state index contributed by atoms with van der Waals surface area (Å²) in [5.41, 5.74) is 0. The van der Waals surface area contributed by atoms with Gasteiger partial charge in [-0.2, -0.15) is 0 Å². The van der Waals surface area contributed by atoms with Crippen molar-refractivity contribution in [2.75, 3.05) is 19.0 Å². The van der Waals surface area contributed by atoms with Crippen molar-refractivity contribution in [3.63, 3.8) is 0 Å². The largest absolute Gasteiger partial charge is 0.508 e. The monoisotopic (exact) mass is 377 g/mol. The summed E-state index contributed by atoms with van der Waals surface area (Å²) in [6.45, 7) is 2.06. The molecule has 1 heterocycles. The lowest BCUT2D eigenvalue weighted by Gasteiger charge is -2.19. The molecule has 1 N–H and O–H groups in total. The molecule has 26 heavy (non-hydrogen) atoms. The molecule has 2 aromatic rings. The van der Waals surface area contributed by atoms with Crippen molar-refractivity contribution in [1.29, 1.82) is 0 Å². The summed E-state index contributed by atoms with van der Waals surface area (Å²) in [4.78, 5) is 3.59. The Hall–Kier alpha value is -1.79. The average Bonchev–Trinajstić information content (AvgIpc) is 3.15. The molecular weight excluding hydrogens is 356 g/mol. The second-order valence-corrected chi connectivity index (χ2v) is 8.13. The van der Waals surface area contributed by atoms with E-state index in [4.69, 9.17) is 4.74 Å². The first-order chi connectivity index (χ1) is 12.6. The summed E-state index contributed by atoms with van der Waals surface area (Å²) < 4.78 is 32.5. The second-order valence-electron chi connectivity index (χ2n) is 7.11. The van der Waals surface area contributed by atoms with Crippen molar-refractivity contribution in [2.24, 2.45) is 11.8 Å². The zero-order valence-electron chi connectivity index (χ0n) is 14.3. The summed E-state index contributed by atoms with van der Waals surface area (Å²) in [7, 11) is 0. The Morgan fingerprint density at radius 3 is 2.38 bits per heavy atom. The molecule has 3 atom stereocenters. The molecule has 0 aromatic heterocycles. The third-order valence-corrected chi connectivity index (χ3v) is 6.32. The predicted molar refractivity (Wildman–Crippen MR) is 97.4 cm³/mol. The van der Waals surface area contributed by atoms with E-state index < -0.39 is 11.6 Å². The van der Waals surface area contributed by atoms with Gasteiger partial charge in [0.05, 0.1) is 6.10 Å². The Balaban J connectivity index is 1.26. The first kappa shape index (κ1) is 17.6. The third kappa shape index (κ3) is 3.96. The number of fused-ring (bicyclic) bond motifs is 1. The lowest BCUT2D eigenvalue weighted by Crippen LogP contribution is -2.24. The van der Waals surface area contributed by atoms with Gasteiger partial charge in [-0.3, -0.25) is 4.90 Å². The number of ether oxygens (including phenoxy) is 1. The number of thioether (sulfide) groups is 1. The number of hydrogen-bond acceptors (Lipinski definition) is 4. The van der Waals surface area contributed by atoms with Gasteiger partial charge in [-0.1, -0.05) is 0 Å². The van der Waals surface area contributed by atoms with Crippen LogP contribution in [0.25, 0.3) is 0 Å². The average molecular weight is 377 g/mol. The number of halogens is 2. The van der Waals surface area contributed by atoms with Gasteiger partial charge in [0.25, 0.3) is 0 Å². The Labute approximate surface area is 156 Å². The van der Waals surface area contributed by atoms with Crippen LogP contribution in [0.15, 0.2) is 47.4 Å². The van der Waals surface area contributed by atoms with Gasteiger partial charge in [0.2, 0.25) is 0 Å². The normalized spacial score (nSPS) is 25.4. The minimum Gasteiger partial charge on any atom is -0.508 e. The summed E-state index contributed by atoms with van der Waals surface area (Å²) in [5.74, 6) is 1.29. The highest BCUT2D eigenvalue weighted by Crippen LogP contribution is 2.40. The number of likely N-dealkylation sites (tertiary alicyclic amines) is 1. The van der Waals surface area contributed by atoms with Crippen LogP contribution in [0.5, 0.6) is 11.5 Å². The number of phenols is 1. The molecule has 1 aliphatic heterocycles. The van der Waals surface area contributed by atoms with Crippen molar-refractivity contribution in [1.82, 2.24) is 4.90 Å². The number of aromatic hydroxyl groups is 1. The second kappa shape index (κ2) is 7.45. The number of phenolic OH excluding ortho intramolecular Hbond substituents is 1. The Morgan fingerprint density at radius 1 is 1.04 bits per heavy atom. The first-order valence-electron chi connectivity index (χ1n) is 8.83. The molecule has 0 radical (unpaired) electrons. The molecule has 138 valence electrons. The zero-order valence-corrected chi connectivity index (χ0v) is 15.1. The maximum atomic E-state index is 13.8. The van der Waals surface area contributed by atoms with E-state index >= 15 is 0 Å². The van der Waals surface area contributed by atoms with Gasteiger partial charge in [0.15, 0.2) is 11.6 Å². The molecule has 4 rings (SSSR count). The fraction of sp³-hybridized carbons (Fsp3) is 0.400. The molecule has 0 bridgehead atoms. The highest BCUT2D eigenvalue weighted by Gasteiger charge is 2.41. The molecule has 0 amide bonds. The maximum Gasteiger partial charge on any atom is 0.167 e. The molecule has 2 fully saturated rings.